The van der Waals surface area contributed by atoms with Gasteiger partial charge in [0.05, 0.1) is 0 Å². The van der Waals surface area contributed by atoms with Crippen LogP contribution in [0.3, 0.4) is 0 Å². The lowest BCUT2D eigenvalue weighted by Gasteiger charge is -2.31. The number of allylic oxidation sites excluding steroid dienone is 11. The maximum atomic E-state index is 3.98. The van der Waals surface area contributed by atoms with Crippen molar-refractivity contribution in [2.24, 2.45) is 29.6 Å². The van der Waals surface area contributed by atoms with Crippen molar-refractivity contribution >= 4 is 0 Å². The van der Waals surface area contributed by atoms with Crippen LogP contribution in [0, 0.1) is 29.6 Å². The van der Waals surface area contributed by atoms with Crippen LogP contribution >= 0.6 is 0 Å². The first-order valence-corrected chi connectivity index (χ1v) is 13.3. The smallest absolute Gasteiger partial charge is 0.0134 e. The van der Waals surface area contributed by atoms with Gasteiger partial charge < -0.3 is 0 Å². The molecule has 0 saturated heterocycles. The standard InChI is InChI=1S/C22H36.C12H22/c1-9-11-19(7)22(16-14-18(5)6)21(12-10-2)20(8)15-13-17(3)4;1-6-7-11(4)12(5)9-8-10(2)3/h9-10,13-15,19,21-22H,1-2,11-12,16H2,3-8H3;6,8,11-12H,1,7,9H2,2-5H3/b20-15+;. The molecule has 0 fully saturated rings. The van der Waals surface area contributed by atoms with Gasteiger partial charge in [0.25, 0.3) is 0 Å². The Morgan fingerprint density at radius 3 is 1.41 bits per heavy atom. The third kappa shape index (κ3) is 17.6. The van der Waals surface area contributed by atoms with Crippen LogP contribution in [0.2, 0.25) is 0 Å². The third-order valence-electron chi connectivity index (χ3n) is 6.68. The molecule has 0 radical (unpaired) electrons. The highest BCUT2D eigenvalue weighted by Crippen LogP contribution is 2.35. The molecule has 0 rings (SSSR count). The Morgan fingerprint density at radius 2 is 0.971 bits per heavy atom. The zero-order valence-electron chi connectivity index (χ0n) is 24.6. The lowest BCUT2D eigenvalue weighted by Crippen LogP contribution is -2.22. The lowest BCUT2D eigenvalue weighted by atomic mass is 9.73. The summed E-state index contributed by atoms with van der Waals surface area (Å²) in [5.41, 5.74) is 5.63. The van der Waals surface area contributed by atoms with E-state index in [0.29, 0.717) is 17.8 Å². The maximum Gasteiger partial charge on any atom is -0.0134 e. The zero-order chi connectivity index (χ0) is 26.7. The Hall–Kier alpha value is -1.82. The van der Waals surface area contributed by atoms with E-state index in [4.69, 9.17) is 0 Å². The summed E-state index contributed by atoms with van der Waals surface area (Å²) in [5, 5.41) is 0. The van der Waals surface area contributed by atoms with Crippen LogP contribution in [0.5, 0.6) is 0 Å². The molecule has 0 aromatic heterocycles. The van der Waals surface area contributed by atoms with Crippen molar-refractivity contribution in [3.63, 3.8) is 0 Å². The van der Waals surface area contributed by atoms with Crippen LogP contribution in [-0.4, -0.2) is 0 Å². The quantitative estimate of drug-likeness (QED) is 0.166. The van der Waals surface area contributed by atoms with Gasteiger partial charge in [-0.3, -0.25) is 0 Å². The van der Waals surface area contributed by atoms with E-state index in [1.807, 2.05) is 6.08 Å². The predicted molar refractivity (Wildman–Crippen MR) is 160 cm³/mol. The minimum atomic E-state index is 0.554. The van der Waals surface area contributed by atoms with E-state index in [-0.39, 0.29) is 0 Å². The fraction of sp³-hybridized carbons (Fsp3) is 0.588. The maximum absolute atomic E-state index is 3.98. The third-order valence-corrected chi connectivity index (χ3v) is 6.68. The van der Waals surface area contributed by atoms with E-state index in [1.165, 1.54) is 28.7 Å². The average molecular weight is 467 g/mol. The summed E-state index contributed by atoms with van der Waals surface area (Å²) >= 11 is 0. The van der Waals surface area contributed by atoms with Gasteiger partial charge in [0.1, 0.15) is 0 Å². The molecule has 0 spiro atoms. The normalized spacial score (nSPS) is 15.3. The monoisotopic (exact) mass is 466 g/mol. The molecule has 0 amide bonds. The molecule has 0 aromatic rings. The first-order valence-electron chi connectivity index (χ1n) is 13.3. The molecular weight excluding hydrogens is 408 g/mol. The van der Waals surface area contributed by atoms with E-state index in [1.54, 1.807) is 0 Å². The Morgan fingerprint density at radius 1 is 0.529 bits per heavy atom. The molecular formula is C34H58. The fourth-order valence-corrected chi connectivity index (χ4v) is 4.05. The van der Waals surface area contributed by atoms with Crippen molar-refractivity contribution in [1.82, 2.24) is 0 Å². The van der Waals surface area contributed by atoms with Gasteiger partial charge in [0.15, 0.2) is 0 Å². The highest BCUT2D eigenvalue weighted by Gasteiger charge is 2.25. The summed E-state index contributed by atoms with van der Waals surface area (Å²) in [5.74, 6) is 3.36. The second-order valence-corrected chi connectivity index (χ2v) is 11.0. The lowest BCUT2D eigenvalue weighted by molar-refractivity contribution is 0.272. The number of hydrogen-bond acceptors (Lipinski definition) is 0. The van der Waals surface area contributed by atoms with Gasteiger partial charge in [-0.15, -0.1) is 19.7 Å². The summed E-state index contributed by atoms with van der Waals surface area (Å²) in [6.45, 7) is 33.9. The molecule has 0 heteroatoms. The summed E-state index contributed by atoms with van der Waals surface area (Å²) < 4.78 is 0. The number of rotatable bonds is 15. The second-order valence-electron chi connectivity index (χ2n) is 11.0. The van der Waals surface area contributed by atoms with Crippen molar-refractivity contribution in [2.75, 3.05) is 0 Å². The van der Waals surface area contributed by atoms with Crippen molar-refractivity contribution in [3.8, 4) is 0 Å². The van der Waals surface area contributed by atoms with Gasteiger partial charge in [-0.1, -0.05) is 85.6 Å². The van der Waals surface area contributed by atoms with E-state index in [0.717, 1.165) is 37.5 Å². The number of hydrogen-bond donors (Lipinski definition) is 0. The predicted octanol–water partition coefficient (Wildman–Crippen LogP) is 11.5. The Balaban J connectivity index is 0. The molecule has 5 unspecified atom stereocenters. The molecule has 0 N–H and O–H groups in total. The highest BCUT2D eigenvalue weighted by molar-refractivity contribution is 5.18. The van der Waals surface area contributed by atoms with E-state index >= 15 is 0 Å². The molecule has 0 nitrogen and oxygen atoms in total. The molecule has 0 aromatic carbocycles. The topological polar surface area (TPSA) is 0 Å². The van der Waals surface area contributed by atoms with Crippen LogP contribution in [0.25, 0.3) is 0 Å². The van der Waals surface area contributed by atoms with Crippen molar-refractivity contribution in [2.45, 2.75) is 101 Å². The minimum absolute atomic E-state index is 0.554. The second kappa shape index (κ2) is 20.5. The van der Waals surface area contributed by atoms with Crippen LogP contribution in [0.4, 0.5) is 0 Å². The Labute approximate surface area is 215 Å². The van der Waals surface area contributed by atoms with Gasteiger partial charge in [0, 0.05) is 0 Å². The first kappa shape index (κ1) is 34.3. The molecule has 0 heterocycles. The highest BCUT2D eigenvalue weighted by atomic mass is 14.3. The van der Waals surface area contributed by atoms with Crippen molar-refractivity contribution < 1.29 is 0 Å². The van der Waals surface area contributed by atoms with Gasteiger partial charge in [-0.25, -0.2) is 0 Å². The van der Waals surface area contributed by atoms with Gasteiger partial charge in [-0.05, 0) is 110 Å². The van der Waals surface area contributed by atoms with Crippen LogP contribution in [-0.2, 0) is 0 Å². The Bertz CT molecular complexity index is 682. The van der Waals surface area contributed by atoms with Crippen LogP contribution < -0.4 is 0 Å². The van der Waals surface area contributed by atoms with Crippen LogP contribution in [0.1, 0.15) is 101 Å². The minimum Gasteiger partial charge on any atom is -0.103 e. The van der Waals surface area contributed by atoms with Crippen LogP contribution in [0.15, 0.2) is 84.6 Å². The van der Waals surface area contributed by atoms with E-state index in [9.17, 15) is 0 Å². The average Bonchev–Trinajstić information content (AvgIpc) is 2.75. The van der Waals surface area contributed by atoms with E-state index in [2.05, 4.69) is 125 Å². The summed E-state index contributed by atoms with van der Waals surface area (Å²) in [7, 11) is 0. The molecule has 0 aliphatic carbocycles. The van der Waals surface area contributed by atoms with Gasteiger partial charge in [-0.2, -0.15) is 0 Å². The Kier molecular flexibility index (Phi) is 20.8. The molecule has 34 heavy (non-hydrogen) atoms. The van der Waals surface area contributed by atoms with Crippen molar-refractivity contribution in [1.29, 1.82) is 0 Å². The molecule has 0 saturated carbocycles. The molecule has 194 valence electrons. The molecule has 5 atom stereocenters. The molecule has 0 aliphatic rings. The summed E-state index contributed by atoms with van der Waals surface area (Å²) in [6.07, 6.45) is 21.0. The molecule has 0 aliphatic heterocycles. The fourth-order valence-electron chi connectivity index (χ4n) is 4.05. The van der Waals surface area contributed by atoms with Crippen molar-refractivity contribution in [3.05, 3.63) is 84.6 Å². The largest absolute Gasteiger partial charge is 0.103 e. The van der Waals surface area contributed by atoms with E-state index < -0.39 is 0 Å². The van der Waals surface area contributed by atoms with Gasteiger partial charge in [0.2, 0.25) is 0 Å². The summed E-state index contributed by atoms with van der Waals surface area (Å²) in [4.78, 5) is 0. The SMILES string of the molecule is C=CCC(C)C(C)CC=C(C)C.C=CCC(C)C(CC=C(C)C)C(CC=C)/C(C)=C/C=C(C)C. The molecule has 0 bridgehead atoms. The first-order chi connectivity index (χ1) is 15.9. The van der Waals surface area contributed by atoms with Gasteiger partial charge >= 0.3 is 0 Å². The summed E-state index contributed by atoms with van der Waals surface area (Å²) in [6, 6.07) is 0. The zero-order valence-corrected chi connectivity index (χ0v) is 24.6.